The quantitative estimate of drug-likeness (QED) is 0.667. The van der Waals surface area contributed by atoms with E-state index >= 15 is 0 Å². The normalized spacial score (nSPS) is 11.6. The molecule has 0 radical (unpaired) electrons. The van der Waals surface area contributed by atoms with Crippen molar-refractivity contribution in [3.63, 3.8) is 0 Å². The summed E-state index contributed by atoms with van der Waals surface area (Å²) in [7, 11) is 1.75. The molecule has 0 atom stereocenters. The van der Waals surface area contributed by atoms with Crippen LogP contribution >= 0.6 is 0 Å². The highest BCUT2D eigenvalue weighted by Gasteiger charge is 2.07. The summed E-state index contributed by atoms with van der Waals surface area (Å²) >= 11 is 0. The van der Waals surface area contributed by atoms with E-state index in [1.807, 2.05) is 6.07 Å². The molecule has 0 fully saturated rings. The van der Waals surface area contributed by atoms with Crippen LogP contribution in [0.5, 0.6) is 0 Å². The maximum atomic E-state index is 5.11. The van der Waals surface area contributed by atoms with Crippen LogP contribution in [0.4, 0.5) is 0 Å². The molecule has 1 heterocycles. The Balaban J connectivity index is 2.13. The summed E-state index contributed by atoms with van der Waals surface area (Å²) in [5.74, 6) is 0. The minimum atomic E-state index is 0.556. The van der Waals surface area contributed by atoms with E-state index in [2.05, 4.69) is 24.1 Å². The zero-order valence-electron chi connectivity index (χ0n) is 11.1. The van der Waals surface area contributed by atoms with Gasteiger partial charge in [0.05, 0.1) is 19.1 Å². The molecule has 0 saturated heterocycles. The Hall–Kier alpha value is -0.840. The number of rotatable bonds is 9. The molecular weight excluding hydrogens is 216 g/mol. The van der Waals surface area contributed by atoms with Crippen LogP contribution in [0.2, 0.25) is 0 Å². The average molecular weight is 240 g/mol. The number of nitrogens with one attached hydrogen (secondary N) is 1. The lowest BCUT2D eigenvalue weighted by Crippen LogP contribution is -2.38. The van der Waals surface area contributed by atoms with Crippen molar-refractivity contribution >= 4 is 0 Å². The second-order valence-electron chi connectivity index (χ2n) is 4.43. The SMILES string of the molecule is COCCN(CCNCc1ccoc1)C(C)C. The molecule has 1 aromatic rings. The standard InChI is InChI=1S/C13H24N2O2/c1-12(2)15(7-9-16-3)6-5-14-10-13-4-8-17-11-13/h4,8,11-12,14H,5-7,9-10H2,1-3H3. The van der Waals surface area contributed by atoms with Gasteiger partial charge in [0.2, 0.25) is 0 Å². The minimum Gasteiger partial charge on any atom is -0.472 e. The Morgan fingerprint density at radius 1 is 1.41 bits per heavy atom. The Morgan fingerprint density at radius 3 is 2.82 bits per heavy atom. The maximum absolute atomic E-state index is 5.11. The van der Waals surface area contributed by atoms with Gasteiger partial charge in [-0.2, -0.15) is 0 Å². The van der Waals surface area contributed by atoms with Gasteiger partial charge in [-0.15, -0.1) is 0 Å². The Bertz CT molecular complexity index is 273. The van der Waals surface area contributed by atoms with E-state index in [4.69, 9.17) is 9.15 Å². The molecule has 0 aromatic carbocycles. The molecule has 1 rings (SSSR count). The second-order valence-corrected chi connectivity index (χ2v) is 4.43. The Morgan fingerprint density at radius 2 is 2.24 bits per heavy atom. The first kappa shape index (κ1) is 14.2. The van der Waals surface area contributed by atoms with Crippen molar-refractivity contribution in [1.29, 1.82) is 0 Å². The van der Waals surface area contributed by atoms with E-state index < -0.39 is 0 Å². The van der Waals surface area contributed by atoms with Crippen LogP contribution in [0.3, 0.4) is 0 Å². The first-order chi connectivity index (χ1) is 8.24. The van der Waals surface area contributed by atoms with Crippen LogP contribution < -0.4 is 5.32 Å². The summed E-state index contributed by atoms with van der Waals surface area (Å²) < 4.78 is 10.1. The van der Waals surface area contributed by atoms with Crippen LogP contribution in [0.15, 0.2) is 23.0 Å². The molecule has 0 aliphatic carbocycles. The van der Waals surface area contributed by atoms with E-state index in [-0.39, 0.29) is 0 Å². The monoisotopic (exact) mass is 240 g/mol. The summed E-state index contributed by atoms with van der Waals surface area (Å²) in [6.07, 6.45) is 3.48. The summed E-state index contributed by atoms with van der Waals surface area (Å²) in [4.78, 5) is 2.41. The molecule has 1 aromatic heterocycles. The van der Waals surface area contributed by atoms with Gasteiger partial charge in [0.25, 0.3) is 0 Å². The predicted octanol–water partition coefficient (Wildman–Crippen LogP) is 1.73. The third kappa shape index (κ3) is 5.86. The predicted molar refractivity (Wildman–Crippen MR) is 69.0 cm³/mol. The van der Waals surface area contributed by atoms with Gasteiger partial charge in [0, 0.05) is 44.9 Å². The van der Waals surface area contributed by atoms with E-state index in [1.165, 1.54) is 5.56 Å². The summed E-state index contributed by atoms with van der Waals surface area (Å²) in [6, 6.07) is 2.54. The fraction of sp³-hybridized carbons (Fsp3) is 0.692. The second kappa shape index (κ2) is 8.28. The summed E-state index contributed by atoms with van der Waals surface area (Å²) in [5.41, 5.74) is 1.19. The van der Waals surface area contributed by atoms with Crippen molar-refractivity contribution in [2.45, 2.75) is 26.4 Å². The summed E-state index contributed by atoms with van der Waals surface area (Å²) in [6.45, 7) is 9.09. The zero-order valence-corrected chi connectivity index (χ0v) is 11.1. The number of methoxy groups -OCH3 is 1. The van der Waals surface area contributed by atoms with Gasteiger partial charge in [0.1, 0.15) is 0 Å². The van der Waals surface area contributed by atoms with Crippen LogP contribution in [-0.2, 0) is 11.3 Å². The van der Waals surface area contributed by atoms with Gasteiger partial charge in [0.15, 0.2) is 0 Å². The Labute approximate surface area is 104 Å². The van der Waals surface area contributed by atoms with E-state index in [0.717, 1.165) is 32.8 Å². The molecule has 0 bridgehead atoms. The van der Waals surface area contributed by atoms with Crippen molar-refractivity contribution in [2.24, 2.45) is 0 Å². The van der Waals surface area contributed by atoms with Crippen LogP contribution in [0, 0.1) is 0 Å². The molecule has 4 heteroatoms. The number of ether oxygens (including phenoxy) is 1. The van der Waals surface area contributed by atoms with Gasteiger partial charge in [-0.05, 0) is 19.9 Å². The van der Waals surface area contributed by atoms with E-state index in [9.17, 15) is 0 Å². The maximum Gasteiger partial charge on any atom is 0.0947 e. The molecule has 0 saturated carbocycles. The van der Waals surface area contributed by atoms with Crippen molar-refractivity contribution < 1.29 is 9.15 Å². The fourth-order valence-electron chi connectivity index (χ4n) is 1.69. The lowest BCUT2D eigenvalue weighted by atomic mass is 10.3. The van der Waals surface area contributed by atoms with Gasteiger partial charge in [-0.25, -0.2) is 0 Å². The largest absolute Gasteiger partial charge is 0.472 e. The first-order valence-electron chi connectivity index (χ1n) is 6.19. The molecule has 0 unspecified atom stereocenters. The highest BCUT2D eigenvalue weighted by Crippen LogP contribution is 1.99. The third-order valence-corrected chi connectivity index (χ3v) is 2.80. The fourth-order valence-corrected chi connectivity index (χ4v) is 1.69. The van der Waals surface area contributed by atoms with E-state index in [1.54, 1.807) is 19.6 Å². The van der Waals surface area contributed by atoms with Crippen molar-refractivity contribution in [2.75, 3.05) is 33.4 Å². The zero-order chi connectivity index (χ0) is 12.5. The van der Waals surface area contributed by atoms with E-state index in [0.29, 0.717) is 6.04 Å². The minimum absolute atomic E-state index is 0.556. The molecule has 0 spiro atoms. The van der Waals surface area contributed by atoms with Gasteiger partial charge in [-0.3, -0.25) is 4.90 Å². The van der Waals surface area contributed by atoms with Crippen molar-refractivity contribution in [3.8, 4) is 0 Å². The van der Waals surface area contributed by atoms with Gasteiger partial charge in [-0.1, -0.05) is 0 Å². The molecule has 4 nitrogen and oxygen atoms in total. The molecule has 0 amide bonds. The third-order valence-electron chi connectivity index (χ3n) is 2.80. The lowest BCUT2D eigenvalue weighted by Gasteiger charge is -2.26. The number of nitrogens with zero attached hydrogens (tertiary/aromatic N) is 1. The highest BCUT2D eigenvalue weighted by molar-refractivity contribution is 5.04. The highest BCUT2D eigenvalue weighted by atomic mass is 16.5. The van der Waals surface area contributed by atoms with Crippen LogP contribution in [0.1, 0.15) is 19.4 Å². The van der Waals surface area contributed by atoms with Crippen LogP contribution in [0.25, 0.3) is 0 Å². The molecule has 0 aliphatic rings. The number of hydrogen-bond acceptors (Lipinski definition) is 4. The first-order valence-corrected chi connectivity index (χ1v) is 6.19. The lowest BCUT2D eigenvalue weighted by molar-refractivity contribution is 0.130. The molecule has 0 aliphatic heterocycles. The molecular formula is C13H24N2O2. The molecule has 17 heavy (non-hydrogen) atoms. The van der Waals surface area contributed by atoms with Gasteiger partial charge < -0.3 is 14.5 Å². The summed E-state index contributed by atoms with van der Waals surface area (Å²) in [5, 5.41) is 3.41. The van der Waals surface area contributed by atoms with Gasteiger partial charge >= 0.3 is 0 Å². The smallest absolute Gasteiger partial charge is 0.0947 e. The number of furan rings is 1. The molecule has 98 valence electrons. The van der Waals surface area contributed by atoms with Crippen LogP contribution in [-0.4, -0.2) is 44.3 Å². The van der Waals surface area contributed by atoms with Crippen molar-refractivity contribution in [3.05, 3.63) is 24.2 Å². The Kier molecular flexibility index (Phi) is 6.93. The average Bonchev–Trinajstić information content (AvgIpc) is 2.80. The topological polar surface area (TPSA) is 37.6 Å². The molecule has 1 N–H and O–H groups in total. The number of hydrogen-bond donors (Lipinski definition) is 1. The van der Waals surface area contributed by atoms with Crippen molar-refractivity contribution in [1.82, 2.24) is 10.2 Å².